The largest absolute Gasteiger partial charge is 0.377 e. The summed E-state index contributed by atoms with van der Waals surface area (Å²) < 4.78 is 5.25. The zero-order valence-electron chi connectivity index (χ0n) is 10.1. The summed E-state index contributed by atoms with van der Waals surface area (Å²) in [4.78, 5) is 25.4. The maximum atomic E-state index is 11.7. The van der Waals surface area contributed by atoms with E-state index in [1.807, 2.05) is 6.92 Å². The molecule has 0 bridgehead atoms. The molecule has 8 heteroatoms. The van der Waals surface area contributed by atoms with Crippen LogP contribution in [0, 0.1) is 0 Å². The van der Waals surface area contributed by atoms with Crippen LogP contribution < -0.4 is 16.6 Å². The van der Waals surface area contributed by atoms with Crippen molar-refractivity contribution in [2.75, 3.05) is 12.4 Å². The standard InChI is InChI=1S/C10H13N5O2S/c1-3-6-4-15(10(17)12-8(6)16)5-7-9(11-2)18-14-13-7/h4,11H,3,5H2,1-2H3,(H,12,16,17). The molecule has 0 amide bonds. The molecule has 96 valence electrons. The lowest BCUT2D eigenvalue weighted by molar-refractivity contribution is 0.692. The summed E-state index contributed by atoms with van der Waals surface area (Å²) in [5.41, 5.74) is 0.485. The van der Waals surface area contributed by atoms with Gasteiger partial charge >= 0.3 is 5.69 Å². The van der Waals surface area contributed by atoms with Crippen molar-refractivity contribution in [1.82, 2.24) is 19.1 Å². The minimum absolute atomic E-state index is 0.287. The van der Waals surface area contributed by atoms with Crippen molar-refractivity contribution < 1.29 is 0 Å². The van der Waals surface area contributed by atoms with Gasteiger partial charge in [0.05, 0.1) is 6.54 Å². The molecule has 2 rings (SSSR count). The van der Waals surface area contributed by atoms with E-state index in [0.717, 1.165) is 5.00 Å². The molecule has 2 N–H and O–H groups in total. The number of hydrogen-bond donors (Lipinski definition) is 2. The SMILES string of the molecule is CCc1cn(Cc2nnsc2NC)c(=O)[nH]c1=O. The van der Waals surface area contributed by atoms with Gasteiger partial charge in [-0.2, -0.15) is 0 Å². The second-order valence-corrected chi connectivity index (χ2v) is 4.45. The van der Waals surface area contributed by atoms with Crippen LogP contribution in [-0.4, -0.2) is 26.2 Å². The Morgan fingerprint density at radius 3 is 2.94 bits per heavy atom. The molecule has 0 radical (unpaired) electrons. The molecule has 0 unspecified atom stereocenters. The van der Waals surface area contributed by atoms with E-state index in [2.05, 4.69) is 19.9 Å². The number of aryl methyl sites for hydroxylation is 1. The van der Waals surface area contributed by atoms with Gasteiger partial charge < -0.3 is 5.32 Å². The van der Waals surface area contributed by atoms with E-state index in [1.54, 1.807) is 13.2 Å². The van der Waals surface area contributed by atoms with E-state index >= 15 is 0 Å². The highest BCUT2D eigenvalue weighted by atomic mass is 32.1. The summed E-state index contributed by atoms with van der Waals surface area (Å²) in [5, 5.41) is 7.73. The molecule has 7 nitrogen and oxygen atoms in total. The van der Waals surface area contributed by atoms with E-state index in [9.17, 15) is 9.59 Å². The molecule has 0 aromatic carbocycles. The molecule has 0 spiro atoms. The lowest BCUT2D eigenvalue weighted by Gasteiger charge is -2.05. The molecule has 2 aromatic heterocycles. The fourth-order valence-corrected chi connectivity index (χ4v) is 2.11. The molecule has 0 saturated carbocycles. The van der Waals surface area contributed by atoms with E-state index < -0.39 is 5.69 Å². The minimum atomic E-state index is -0.438. The summed E-state index contributed by atoms with van der Waals surface area (Å²) in [5.74, 6) is 0. The van der Waals surface area contributed by atoms with Gasteiger partial charge in [-0.3, -0.25) is 14.3 Å². The van der Waals surface area contributed by atoms with E-state index in [4.69, 9.17) is 0 Å². The van der Waals surface area contributed by atoms with Crippen molar-refractivity contribution in [3.05, 3.63) is 38.3 Å². The van der Waals surface area contributed by atoms with Crippen LogP contribution in [0.5, 0.6) is 0 Å². The summed E-state index contributed by atoms with van der Waals surface area (Å²) in [6.07, 6.45) is 2.14. The Labute approximate surface area is 107 Å². The maximum absolute atomic E-state index is 11.7. The fourth-order valence-electron chi connectivity index (χ4n) is 1.59. The van der Waals surface area contributed by atoms with Gasteiger partial charge in [0.2, 0.25) is 0 Å². The summed E-state index contributed by atoms with van der Waals surface area (Å²) >= 11 is 1.23. The molecule has 2 aromatic rings. The molecular formula is C10H13N5O2S. The van der Waals surface area contributed by atoms with Gasteiger partial charge in [-0.05, 0) is 6.42 Å². The van der Waals surface area contributed by atoms with Crippen LogP contribution in [0.1, 0.15) is 18.2 Å². The van der Waals surface area contributed by atoms with Gasteiger partial charge in [-0.15, -0.1) is 5.10 Å². The molecule has 0 aliphatic carbocycles. The summed E-state index contributed by atoms with van der Waals surface area (Å²) in [6, 6.07) is 0. The molecular weight excluding hydrogens is 254 g/mol. The molecule has 2 heterocycles. The van der Waals surface area contributed by atoms with Crippen molar-refractivity contribution >= 4 is 16.5 Å². The van der Waals surface area contributed by atoms with Crippen LogP contribution in [0.2, 0.25) is 0 Å². The van der Waals surface area contributed by atoms with Gasteiger partial charge in [0.15, 0.2) is 0 Å². The number of anilines is 1. The topological polar surface area (TPSA) is 92.7 Å². The molecule has 0 saturated heterocycles. The predicted octanol–water partition coefficient (Wildman–Crippen LogP) is 0.0405. The zero-order valence-corrected chi connectivity index (χ0v) is 10.9. The van der Waals surface area contributed by atoms with Crippen LogP contribution in [0.3, 0.4) is 0 Å². The third kappa shape index (κ3) is 2.33. The van der Waals surface area contributed by atoms with Crippen LogP contribution in [0.4, 0.5) is 5.00 Å². The second kappa shape index (κ2) is 5.13. The normalized spacial score (nSPS) is 10.6. The van der Waals surface area contributed by atoms with Gasteiger partial charge in [0.25, 0.3) is 5.56 Å². The third-order valence-electron chi connectivity index (χ3n) is 2.57. The first kappa shape index (κ1) is 12.5. The van der Waals surface area contributed by atoms with Crippen LogP contribution in [-0.2, 0) is 13.0 Å². The third-order valence-corrected chi connectivity index (χ3v) is 3.35. The first-order chi connectivity index (χ1) is 8.65. The van der Waals surface area contributed by atoms with Gasteiger partial charge in [-0.1, -0.05) is 11.4 Å². The van der Waals surface area contributed by atoms with Gasteiger partial charge in [0, 0.05) is 30.3 Å². The Kier molecular flexibility index (Phi) is 3.56. The Hall–Kier alpha value is -1.96. The Balaban J connectivity index is 2.40. The van der Waals surface area contributed by atoms with Crippen molar-refractivity contribution in [2.45, 2.75) is 19.9 Å². The number of nitrogens with zero attached hydrogens (tertiary/aromatic N) is 3. The Bertz CT molecular complexity index is 657. The monoisotopic (exact) mass is 267 g/mol. The number of hydrogen-bond acceptors (Lipinski definition) is 6. The minimum Gasteiger partial charge on any atom is -0.377 e. The summed E-state index contributed by atoms with van der Waals surface area (Å²) in [6.45, 7) is 2.15. The zero-order chi connectivity index (χ0) is 13.1. The molecule has 0 atom stereocenters. The van der Waals surface area contributed by atoms with E-state index in [1.165, 1.54) is 16.1 Å². The second-order valence-electron chi connectivity index (χ2n) is 3.69. The smallest absolute Gasteiger partial charge is 0.328 e. The number of H-pyrrole nitrogens is 1. The molecule has 0 aliphatic heterocycles. The van der Waals surface area contributed by atoms with Crippen LogP contribution >= 0.6 is 11.5 Å². The Morgan fingerprint density at radius 2 is 2.28 bits per heavy atom. The van der Waals surface area contributed by atoms with Crippen molar-refractivity contribution in [2.24, 2.45) is 0 Å². The van der Waals surface area contributed by atoms with E-state index in [-0.39, 0.29) is 12.1 Å². The van der Waals surface area contributed by atoms with Gasteiger partial charge in [-0.25, -0.2) is 4.79 Å². The average molecular weight is 267 g/mol. The molecule has 18 heavy (non-hydrogen) atoms. The lowest BCUT2D eigenvalue weighted by atomic mass is 10.2. The highest BCUT2D eigenvalue weighted by Gasteiger charge is 2.09. The van der Waals surface area contributed by atoms with E-state index in [0.29, 0.717) is 17.7 Å². The quantitative estimate of drug-likeness (QED) is 0.816. The maximum Gasteiger partial charge on any atom is 0.328 e. The first-order valence-corrected chi connectivity index (χ1v) is 6.24. The van der Waals surface area contributed by atoms with Crippen LogP contribution in [0.25, 0.3) is 0 Å². The molecule has 0 aliphatic rings. The lowest BCUT2D eigenvalue weighted by Crippen LogP contribution is -2.32. The molecule has 0 fully saturated rings. The van der Waals surface area contributed by atoms with Crippen molar-refractivity contribution in [3.63, 3.8) is 0 Å². The van der Waals surface area contributed by atoms with Gasteiger partial charge in [0.1, 0.15) is 10.7 Å². The van der Waals surface area contributed by atoms with Crippen LogP contribution in [0.15, 0.2) is 15.8 Å². The first-order valence-electron chi connectivity index (χ1n) is 5.47. The van der Waals surface area contributed by atoms with Crippen molar-refractivity contribution in [3.8, 4) is 0 Å². The fraction of sp³-hybridized carbons (Fsp3) is 0.400. The average Bonchev–Trinajstić information content (AvgIpc) is 2.79. The predicted molar refractivity (Wildman–Crippen MR) is 69.3 cm³/mol. The number of aromatic amines is 1. The highest BCUT2D eigenvalue weighted by molar-refractivity contribution is 7.10. The number of nitrogens with one attached hydrogen (secondary N) is 2. The number of rotatable bonds is 4. The van der Waals surface area contributed by atoms with Crippen molar-refractivity contribution in [1.29, 1.82) is 0 Å². The summed E-state index contributed by atoms with van der Waals surface area (Å²) in [7, 11) is 1.77. The number of aromatic nitrogens is 4. The Morgan fingerprint density at radius 1 is 1.50 bits per heavy atom. The highest BCUT2D eigenvalue weighted by Crippen LogP contribution is 2.16.